The molecule has 0 aromatic heterocycles. The van der Waals surface area contributed by atoms with Crippen LogP contribution in [0.2, 0.25) is 0 Å². The van der Waals surface area contributed by atoms with E-state index in [0.717, 1.165) is 13.0 Å². The number of amides is 1. The molecule has 1 rings (SSSR count). The van der Waals surface area contributed by atoms with E-state index in [9.17, 15) is 4.79 Å². The summed E-state index contributed by atoms with van der Waals surface area (Å²) in [7, 11) is 0. The molecule has 1 aliphatic rings. The number of primary amides is 1. The fourth-order valence-electron chi connectivity index (χ4n) is 1.66. The maximum absolute atomic E-state index is 10.5. The summed E-state index contributed by atoms with van der Waals surface area (Å²) in [6.07, 6.45) is 6.52. The standard InChI is InChI=1S/C9H18N2O/c10-9(12)6-5-8-4-2-1-3-7-11-8/h8,11H,1-7H2,(H2,10,12). The third kappa shape index (κ3) is 3.72. The monoisotopic (exact) mass is 170 g/mol. The van der Waals surface area contributed by atoms with E-state index < -0.39 is 0 Å². The zero-order chi connectivity index (χ0) is 8.81. The summed E-state index contributed by atoms with van der Waals surface area (Å²) in [6.45, 7) is 1.10. The number of hydrogen-bond acceptors (Lipinski definition) is 2. The van der Waals surface area contributed by atoms with Gasteiger partial charge in [-0.3, -0.25) is 4.79 Å². The van der Waals surface area contributed by atoms with Crippen molar-refractivity contribution in [1.29, 1.82) is 0 Å². The van der Waals surface area contributed by atoms with Gasteiger partial charge in [-0.05, 0) is 25.8 Å². The number of nitrogens with one attached hydrogen (secondary N) is 1. The molecule has 1 heterocycles. The van der Waals surface area contributed by atoms with Crippen LogP contribution in [0.5, 0.6) is 0 Å². The van der Waals surface area contributed by atoms with Gasteiger partial charge in [-0.15, -0.1) is 0 Å². The number of rotatable bonds is 3. The predicted octanol–water partition coefficient (Wildman–Crippen LogP) is 0.784. The van der Waals surface area contributed by atoms with Crippen LogP contribution in [0.3, 0.4) is 0 Å². The van der Waals surface area contributed by atoms with Gasteiger partial charge in [-0.1, -0.05) is 12.8 Å². The number of hydrogen-bond donors (Lipinski definition) is 2. The molecule has 1 fully saturated rings. The maximum atomic E-state index is 10.5. The highest BCUT2D eigenvalue weighted by Gasteiger charge is 2.11. The number of nitrogens with two attached hydrogens (primary N) is 1. The van der Waals surface area contributed by atoms with Crippen molar-refractivity contribution in [2.24, 2.45) is 5.73 Å². The molecule has 0 aliphatic carbocycles. The lowest BCUT2D eigenvalue weighted by Gasteiger charge is -2.13. The second-order valence-corrected chi connectivity index (χ2v) is 3.51. The summed E-state index contributed by atoms with van der Waals surface area (Å²) in [5, 5.41) is 3.43. The predicted molar refractivity (Wildman–Crippen MR) is 48.7 cm³/mol. The van der Waals surface area contributed by atoms with Crippen LogP contribution in [0.4, 0.5) is 0 Å². The van der Waals surface area contributed by atoms with E-state index in [1.165, 1.54) is 25.7 Å². The van der Waals surface area contributed by atoms with Crippen molar-refractivity contribution in [2.75, 3.05) is 6.54 Å². The summed E-state index contributed by atoms with van der Waals surface area (Å²) in [4.78, 5) is 10.5. The van der Waals surface area contributed by atoms with Crippen LogP contribution in [0.1, 0.15) is 38.5 Å². The molecule has 1 amide bonds. The molecule has 3 N–H and O–H groups in total. The van der Waals surface area contributed by atoms with Crippen molar-refractivity contribution < 1.29 is 4.79 Å². The van der Waals surface area contributed by atoms with Crippen LogP contribution >= 0.6 is 0 Å². The Morgan fingerprint density at radius 1 is 1.42 bits per heavy atom. The minimum absolute atomic E-state index is 0.180. The molecule has 1 unspecified atom stereocenters. The first-order valence-corrected chi connectivity index (χ1v) is 4.81. The van der Waals surface area contributed by atoms with E-state index in [0.29, 0.717) is 12.5 Å². The molecule has 0 saturated carbocycles. The summed E-state index contributed by atoms with van der Waals surface area (Å²) >= 11 is 0. The molecule has 0 aromatic rings. The van der Waals surface area contributed by atoms with Gasteiger partial charge >= 0.3 is 0 Å². The van der Waals surface area contributed by atoms with Crippen molar-refractivity contribution in [3.8, 4) is 0 Å². The van der Waals surface area contributed by atoms with E-state index in [1.54, 1.807) is 0 Å². The molecule has 0 bridgehead atoms. The lowest BCUT2D eigenvalue weighted by molar-refractivity contribution is -0.118. The Kier molecular flexibility index (Phi) is 4.08. The molecule has 1 aliphatic heterocycles. The molecule has 0 radical (unpaired) electrons. The third-order valence-electron chi connectivity index (χ3n) is 2.40. The van der Waals surface area contributed by atoms with Gasteiger partial charge in [-0.2, -0.15) is 0 Å². The zero-order valence-electron chi connectivity index (χ0n) is 7.51. The van der Waals surface area contributed by atoms with E-state index >= 15 is 0 Å². The third-order valence-corrected chi connectivity index (χ3v) is 2.40. The Labute approximate surface area is 73.7 Å². The van der Waals surface area contributed by atoms with Gasteiger partial charge in [0.05, 0.1) is 0 Å². The van der Waals surface area contributed by atoms with Crippen molar-refractivity contribution >= 4 is 5.91 Å². The smallest absolute Gasteiger partial charge is 0.217 e. The molecule has 70 valence electrons. The summed E-state index contributed by atoms with van der Waals surface area (Å²) in [5.41, 5.74) is 5.08. The fourth-order valence-corrected chi connectivity index (χ4v) is 1.66. The second kappa shape index (κ2) is 5.14. The number of carbonyl (C=O) groups excluding carboxylic acids is 1. The van der Waals surface area contributed by atoms with Gasteiger partial charge in [-0.25, -0.2) is 0 Å². The van der Waals surface area contributed by atoms with Crippen molar-refractivity contribution in [3.05, 3.63) is 0 Å². The highest BCUT2D eigenvalue weighted by atomic mass is 16.1. The SMILES string of the molecule is NC(=O)CCC1CCCCCN1. The van der Waals surface area contributed by atoms with Crippen molar-refractivity contribution in [2.45, 2.75) is 44.6 Å². The normalized spacial score (nSPS) is 24.8. The summed E-state index contributed by atoms with van der Waals surface area (Å²) < 4.78 is 0. The largest absolute Gasteiger partial charge is 0.370 e. The molecule has 3 nitrogen and oxygen atoms in total. The van der Waals surface area contributed by atoms with Crippen LogP contribution in [0, 0.1) is 0 Å². The van der Waals surface area contributed by atoms with Gasteiger partial charge in [0, 0.05) is 12.5 Å². The second-order valence-electron chi connectivity index (χ2n) is 3.51. The van der Waals surface area contributed by atoms with Crippen LogP contribution in [0.25, 0.3) is 0 Å². The Morgan fingerprint density at radius 3 is 3.00 bits per heavy atom. The molecule has 3 heteroatoms. The van der Waals surface area contributed by atoms with E-state index in [4.69, 9.17) is 5.73 Å². The Balaban J connectivity index is 2.16. The average Bonchev–Trinajstić information content (AvgIpc) is 2.28. The lowest BCUT2D eigenvalue weighted by atomic mass is 10.1. The van der Waals surface area contributed by atoms with E-state index in [1.807, 2.05) is 0 Å². The van der Waals surface area contributed by atoms with Crippen LogP contribution < -0.4 is 11.1 Å². The van der Waals surface area contributed by atoms with Crippen LogP contribution in [0.15, 0.2) is 0 Å². The van der Waals surface area contributed by atoms with Gasteiger partial charge in [0.25, 0.3) is 0 Å². The molecule has 0 spiro atoms. The topological polar surface area (TPSA) is 55.1 Å². The molecular formula is C9H18N2O. The molecule has 0 aromatic carbocycles. The van der Waals surface area contributed by atoms with Crippen LogP contribution in [-0.2, 0) is 4.79 Å². The van der Waals surface area contributed by atoms with Crippen molar-refractivity contribution in [3.63, 3.8) is 0 Å². The Morgan fingerprint density at radius 2 is 2.25 bits per heavy atom. The summed E-state index contributed by atoms with van der Waals surface area (Å²) in [6, 6.07) is 0.528. The quantitative estimate of drug-likeness (QED) is 0.657. The van der Waals surface area contributed by atoms with Crippen LogP contribution in [-0.4, -0.2) is 18.5 Å². The van der Waals surface area contributed by atoms with Gasteiger partial charge in [0.1, 0.15) is 0 Å². The van der Waals surface area contributed by atoms with E-state index in [-0.39, 0.29) is 5.91 Å². The highest BCUT2D eigenvalue weighted by molar-refractivity contribution is 5.73. The highest BCUT2D eigenvalue weighted by Crippen LogP contribution is 2.11. The Hall–Kier alpha value is -0.570. The first-order valence-electron chi connectivity index (χ1n) is 4.81. The first-order chi connectivity index (χ1) is 5.79. The van der Waals surface area contributed by atoms with Gasteiger partial charge < -0.3 is 11.1 Å². The average molecular weight is 170 g/mol. The molecule has 12 heavy (non-hydrogen) atoms. The maximum Gasteiger partial charge on any atom is 0.217 e. The molecule has 1 saturated heterocycles. The lowest BCUT2D eigenvalue weighted by Crippen LogP contribution is -2.29. The zero-order valence-corrected chi connectivity index (χ0v) is 7.51. The minimum Gasteiger partial charge on any atom is -0.370 e. The van der Waals surface area contributed by atoms with E-state index in [2.05, 4.69) is 5.32 Å². The fraction of sp³-hybridized carbons (Fsp3) is 0.889. The van der Waals surface area contributed by atoms with Crippen molar-refractivity contribution in [1.82, 2.24) is 5.32 Å². The molecule has 1 atom stereocenters. The molecular weight excluding hydrogens is 152 g/mol. The first kappa shape index (κ1) is 9.52. The van der Waals surface area contributed by atoms with Gasteiger partial charge in [0.2, 0.25) is 5.91 Å². The minimum atomic E-state index is -0.180. The number of carbonyl (C=O) groups is 1. The summed E-state index contributed by atoms with van der Waals surface area (Å²) in [5.74, 6) is -0.180. The van der Waals surface area contributed by atoms with Gasteiger partial charge in [0.15, 0.2) is 0 Å². The Bertz CT molecular complexity index is 139.